The van der Waals surface area contributed by atoms with Gasteiger partial charge in [0.25, 0.3) is 5.91 Å². The predicted molar refractivity (Wildman–Crippen MR) is 94.3 cm³/mol. The first kappa shape index (κ1) is 17.1. The summed E-state index contributed by atoms with van der Waals surface area (Å²) in [6, 6.07) is 1.34. The Balaban J connectivity index is 1.41. The van der Waals surface area contributed by atoms with E-state index in [0.29, 0.717) is 12.0 Å². The lowest BCUT2D eigenvalue weighted by Gasteiger charge is -2.57. The number of carbonyl (C=O) groups is 1. The van der Waals surface area contributed by atoms with Gasteiger partial charge >= 0.3 is 0 Å². The summed E-state index contributed by atoms with van der Waals surface area (Å²) >= 11 is 0. The van der Waals surface area contributed by atoms with Crippen LogP contribution in [0, 0.1) is 23.2 Å². The molecule has 1 amide bonds. The fraction of sp³-hybridized carbons (Fsp3) is 0.722. The molecule has 5 rings (SSSR count). The fourth-order valence-electron chi connectivity index (χ4n) is 6.06. The largest absolute Gasteiger partial charge is 0.364 e. The molecule has 0 spiro atoms. The van der Waals surface area contributed by atoms with Crippen LogP contribution in [0.15, 0.2) is 17.2 Å². The monoisotopic (exact) mass is 365 g/mol. The molecular formula is C18H27N3O3S. The molecule has 1 heterocycles. The Morgan fingerprint density at radius 1 is 1.24 bits per heavy atom. The Morgan fingerprint density at radius 3 is 2.28 bits per heavy atom. The minimum atomic E-state index is -3.61. The van der Waals surface area contributed by atoms with Crippen molar-refractivity contribution in [2.75, 3.05) is 6.54 Å². The van der Waals surface area contributed by atoms with E-state index in [1.165, 1.54) is 55.4 Å². The number of nitrogens with two attached hydrogens (primary N) is 1. The van der Waals surface area contributed by atoms with Crippen molar-refractivity contribution >= 4 is 15.9 Å². The minimum absolute atomic E-state index is 0.106. The summed E-state index contributed by atoms with van der Waals surface area (Å²) in [5, 5.41) is 0. The van der Waals surface area contributed by atoms with Gasteiger partial charge in [-0.2, -0.15) is 0 Å². The normalized spacial score (nSPS) is 33.7. The van der Waals surface area contributed by atoms with Crippen molar-refractivity contribution in [3.8, 4) is 0 Å². The molecule has 0 unspecified atom stereocenters. The SMILES string of the molecule is Cn1cc(S(=O)(=O)NCCC23CC4CC(CC(C4)C2)C3)cc1C(N)=O. The molecule has 0 aliphatic heterocycles. The van der Waals surface area contributed by atoms with Crippen molar-refractivity contribution in [2.45, 2.75) is 49.8 Å². The van der Waals surface area contributed by atoms with Gasteiger partial charge in [0.2, 0.25) is 10.0 Å². The van der Waals surface area contributed by atoms with Crippen molar-refractivity contribution in [1.82, 2.24) is 9.29 Å². The Hall–Kier alpha value is -1.34. The van der Waals surface area contributed by atoms with Crippen molar-refractivity contribution in [1.29, 1.82) is 0 Å². The molecule has 3 N–H and O–H groups in total. The second-order valence-electron chi connectivity index (χ2n) is 8.60. The van der Waals surface area contributed by atoms with E-state index in [0.717, 1.165) is 24.2 Å². The Bertz CT molecular complexity index is 761. The molecule has 0 saturated heterocycles. The number of nitrogens with one attached hydrogen (secondary N) is 1. The minimum Gasteiger partial charge on any atom is -0.364 e. The summed E-state index contributed by atoms with van der Waals surface area (Å²) in [4.78, 5) is 11.4. The van der Waals surface area contributed by atoms with Crippen molar-refractivity contribution in [3.63, 3.8) is 0 Å². The molecule has 4 aliphatic rings. The van der Waals surface area contributed by atoms with Crippen LogP contribution in [-0.2, 0) is 17.1 Å². The number of hydrogen-bond donors (Lipinski definition) is 2. The van der Waals surface area contributed by atoms with E-state index in [2.05, 4.69) is 4.72 Å². The lowest BCUT2D eigenvalue weighted by molar-refractivity contribution is -0.0561. The first-order valence-electron chi connectivity index (χ1n) is 9.22. The molecule has 0 radical (unpaired) electrons. The number of nitrogens with zero attached hydrogens (tertiary/aromatic N) is 1. The summed E-state index contributed by atoms with van der Waals surface area (Å²) in [5.74, 6) is 1.98. The second kappa shape index (κ2) is 5.84. The molecule has 1 aromatic heterocycles. The molecule has 4 aliphatic carbocycles. The Labute approximate surface area is 149 Å². The van der Waals surface area contributed by atoms with Crippen LogP contribution in [0.3, 0.4) is 0 Å². The van der Waals surface area contributed by atoms with Crippen LogP contribution in [-0.4, -0.2) is 25.4 Å². The standard InChI is InChI=1S/C18H27N3O3S/c1-21-11-15(7-16(21)17(19)22)25(23,24)20-3-2-18-8-12-4-13(9-18)6-14(5-12)10-18/h7,11-14,20H,2-6,8-10H2,1H3,(H2,19,22). The summed E-state index contributed by atoms with van der Waals surface area (Å²) in [5.41, 5.74) is 5.82. The maximum absolute atomic E-state index is 12.5. The first-order chi connectivity index (χ1) is 11.8. The third-order valence-corrected chi connectivity index (χ3v) is 8.08. The molecule has 1 aromatic rings. The Kier molecular flexibility index (Phi) is 3.99. The van der Waals surface area contributed by atoms with Crippen LogP contribution in [0.4, 0.5) is 0 Å². The smallest absolute Gasteiger partial charge is 0.265 e. The number of aryl methyl sites for hydroxylation is 1. The predicted octanol–water partition coefficient (Wildman–Crippen LogP) is 2.01. The van der Waals surface area contributed by atoms with Gasteiger partial charge in [-0.05, 0) is 74.2 Å². The zero-order valence-electron chi connectivity index (χ0n) is 14.7. The quantitative estimate of drug-likeness (QED) is 0.807. The maximum atomic E-state index is 12.5. The van der Waals surface area contributed by atoms with Crippen molar-refractivity contribution in [2.24, 2.45) is 36.0 Å². The van der Waals surface area contributed by atoms with Gasteiger partial charge in [-0.1, -0.05) is 0 Å². The highest BCUT2D eigenvalue weighted by Crippen LogP contribution is 2.61. The highest BCUT2D eigenvalue weighted by atomic mass is 32.2. The number of hydrogen-bond acceptors (Lipinski definition) is 3. The van der Waals surface area contributed by atoms with Gasteiger partial charge in [0.05, 0.1) is 0 Å². The van der Waals surface area contributed by atoms with Crippen LogP contribution in [0.2, 0.25) is 0 Å². The molecule has 25 heavy (non-hydrogen) atoms. The summed E-state index contributed by atoms with van der Waals surface area (Å²) in [6.07, 6.45) is 10.4. The number of primary amides is 1. The van der Waals surface area contributed by atoms with Gasteiger partial charge in [-0.25, -0.2) is 13.1 Å². The molecule has 4 fully saturated rings. The van der Waals surface area contributed by atoms with E-state index in [4.69, 9.17) is 5.73 Å². The Morgan fingerprint density at radius 2 is 1.80 bits per heavy atom. The third-order valence-electron chi connectivity index (χ3n) is 6.66. The van der Waals surface area contributed by atoms with Crippen LogP contribution < -0.4 is 10.5 Å². The molecule has 7 heteroatoms. The van der Waals surface area contributed by atoms with Gasteiger partial charge in [-0.15, -0.1) is 0 Å². The number of rotatable bonds is 6. The summed E-state index contributed by atoms with van der Waals surface area (Å²) in [6.45, 7) is 0.468. The first-order valence-corrected chi connectivity index (χ1v) is 10.7. The number of sulfonamides is 1. The van der Waals surface area contributed by atoms with E-state index in [1.807, 2.05) is 0 Å². The van der Waals surface area contributed by atoms with Gasteiger partial charge in [0.15, 0.2) is 0 Å². The van der Waals surface area contributed by atoms with E-state index >= 15 is 0 Å². The molecule has 138 valence electrons. The fourth-order valence-corrected chi connectivity index (χ4v) is 7.16. The van der Waals surface area contributed by atoms with Crippen LogP contribution in [0.1, 0.15) is 55.4 Å². The average Bonchev–Trinajstić information content (AvgIpc) is 2.88. The number of carbonyl (C=O) groups excluding carboxylic acids is 1. The highest BCUT2D eigenvalue weighted by molar-refractivity contribution is 7.89. The molecule has 4 bridgehead atoms. The zero-order valence-corrected chi connectivity index (χ0v) is 15.5. The number of aromatic nitrogens is 1. The lowest BCUT2D eigenvalue weighted by Crippen LogP contribution is -2.47. The zero-order chi connectivity index (χ0) is 17.8. The van der Waals surface area contributed by atoms with Gasteiger partial charge in [0.1, 0.15) is 10.6 Å². The molecule has 0 aromatic carbocycles. The molecule has 4 saturated carbocycles. The van der Waals surface area contributed by atoms with E-state index in [-0.39, 0.29) is 10.6 Å². The van der Waals surface area contributed by atoms with E-state index in [1.54, 1.807) is 7.05 Å². The van der Waals surface area contributed by atoms with Crippen LogP contribution in [0.25, 0.3) is 0 Å². The topological polar surface area (TPSA) is 94.2 Å². The third kappa shape index (κ3) is 3.12. The number of amides is 1. The highest BCUT2D eigenvalue weighted by Gasteiger charge is 2.50. The van der Waals surface area contributed by atoms with E-state index < -0.39 is 15.9 Å². The molecular weight excluding hydrogens is 338 g/mol. The summed E-state index contributed by atoms with van der Waals surface area (Å²) in [7, 11) is -1.99. The van der Waals surface area contributed by atoms with Gasteiger partial charge < -0.3 is 10.3 Å². The second-order valence-corrected chi connectivity index (χ2v) is 10.4. The van der Waals surface area contributed by atoms with E-state index in [9.17, 15) is 13.2 Å². The average molecular weight is 365 g/mol. The molecule has 0 atom stereocenters. The van der Waals surface area contributed by atoms with Gasteiger partial charge in [0, 0.05) is 19.8 Å². The van der Waals surface area contributed by atoms with Crippen molar-refractivity contribution in [3.05, 3.63) is 18.0 Å². The summed E-state index contributed by atoms with van der Waals surface area (Å²) < 4.78 is 29.2. The van der Waals surface area contributed by atoms with Gasteiger partial charge in [-0.3, -0.25) is 4.79 Å². The van der Waals surface area contributed by atoms with Crippen LogP contribution in [0.5, 0.6) is 0 Å². The van der Waals surface area contributed by atoms with Crippen molar-refractivity contribution < 1.29 is 13.2 Å². The maximum Gasteiger partial charge on any atom is 0.265 e. The van der Waals surface area contributed by atoms with Crippen LogP contribution >= 0.6 is 0 Å². The lowest BCUT2D eigenvalue weighted by atomic mass is 9.49. The molecule has 6 nitrogen and oxygen atoms in total.